The summed E-state index contributed by atoms with van der Waals surface area (Å²) >= 11 is 1.85. The van der Waals surface area contributed by atoms with Crippen molar-refractivity contribution >= 4 is 32.3 Å². The van der Waals surface area contributed by atoms with Crippen LogP contribution in [0, 0.1) is 0 Å². The normalized spacial score (nSPS) is 15.1. The third-order valence-corrected chi connectivity index (χ3v) is 7.45. The lowest BCUT2D eigenvalue weighted by atomic mass is 10.1. The van der Waals surface area contributed by atoms with Crippen molar-refractivity contribution in [2.45, 2.75) is 30.7 Å². The Morgan fingerprint density at radius 1 is 1.19 bits per heavy atom. The van der Waals surface area contributed by atoms with Crippen LogP contribution in [0.15, 0.2) is 52.9 Å². The minimum Gasteiger partial charge on any atom is -0.299 e. The summed E-state index contributed by atoms with van der Waals surface area (Å²) in [5.41, 5.74) is 2.15. The Morgan fingerprint density at radius 3 is 3.04 bits per heavy atom. The topological polar surface area (TPSA) is 62.3 Å². The Hall–Kier alpha value is -1.80. The number of pyridine rings is 1. The van der Waals surface area contributed by atoms with E-state index in [2.05, 4.69) is 26.1 Å². The molecular formula is C20H23N3O2S2. The van der Waals surface area contributed by atoms with Gasteiger partial charge in [0.2, 0.25) is 10.0 Å². The van der Waals surface area contributed by atoms with Gasteiger partial charge in [0.25, 0.3) is 0 Å². The van der Waals surface area contributed by atoms with Crippen LogP contribution in [0.5, 0.6) is 0 Å². The summed E-state index contributed by atoms with van der Waals surface area (Å²) in [6.45, 7) is 3.59. The van der Waals surface area contributed by atoms with Crippen molar-refractivity contribution in [1.29, 1.82) is 0 Å². The molecule has 0 bridgehead atoms. The van der Waals surface area contributed by atoms with E-state index >= 15 is 0 Å². The summed E-state index contributed by atoms with van der Waals surface area (Å²) in [5.74, 6) is 0. The fourth-order valence-corrected chi connectivity index (χ4v) is 5.44. The van der Waals surface area contributed by atoms with E-state index in [1.807, 2.05) is 23.5 Å². The van der Waals surface area contributed by atoms with Crippen LogP contribution >= 0.6 is 11.3 Å². The lowest BCUT2D eigenvalue weighted by Gasteiger charge is -2.26. The fourth-order valence-electron chi connectivity index (χ4n) is 3.46. The van der Waals surface area contributed by atoms with E-state index in [4.69, 9.17) is 0 Å². The number of rotatable bonds is 7. The molecule has 1 aliphatic heterocycles. The molecule has 0 amide bonds. The minimum atomic E-state index is -3.49. The molecule has 0 spiro atoms. The first-order valence-electron chi connectivity index (χ1n) is 9.24. The zero-order chi connectivity index (χ0) is 18.7. The number of fused-ring (bicyclic) bond motifs is 2. The van der Waals surface area contributed by atoms with Crippen LogP contribution in [0.1, 0.15) is 23.3 Å². The molecule has 1 N–H and O–H groups in total. The number of thiophene rings is 1. The highest BCUT2D eigenvalue weighted by Crippen LogP contribution is 2.24. The Balaban J connectivity index is 1.25. The molecule has 7 heteroatoms. The van der Waals surface area contributed by atoms with Crippen LogP contribution in [0.2, 0.25) is 0 Å². The third-order valence-electron chi connectivity index (χ3n) is 4.97. The molecule has 3 aromatic rings. The molecule has 3 heterocycles. The van der Waals surface area contributed by atoms with Gasteiger partial charge in [-0.3, -0.25) is 9.88 Å². The lowest BCUT2D eigenvalue weighted by Crippen LogP contribution is -2.31. The summed E-state index contributed by atoms with van der Waals surface area (Å²) < 4.78 is 27.7. The van der Waals surface area contributed by atoms with Gasteiger partial charge in [-0.25, -0.2) is 13.1 Å². The fraction of sp³-hybridized carbons (Fsp3) is 0.350. The van der Waals surface area contributed by atoms with Gasteiger partial charge in [-0.15, -0.1) is 11.3 Å². The van der Waals surface area contributed by atoms with E-state index in [1.165, 1.54) is 10.4 Å². The summed E-state index contributed by atoms with van der Waals surface area (Å²) in [6, 6.07) is 11.1. The maximum Gasteiger partial charge on any atom is 0.240 e. The molecule has 2 aromatic heterocycles. The van der Waals surface area contributed by atoms with Gasteiger partial charge in [0.1, 0.15) is 0 Å². The van der Waals surface area contributed by atoms with Gasteiger partial charge < -0.3 is 0 Å². The van der Waals surface area contributed by atoms with Crippen molar-refractivity contribution in [3.05, 3.63) is 58.4 Å². The van der Waals surface area contributed by atoms with E-state index in [0.717, 1.165) is 44.3 Å². The molecule has 0 atom stereocenters. The largest absolute Gasteiger partial charge is 0.299 e. The van der Waals surface area contributed by atoms with Crippen molar-refractivity contribution < 1.29 is 8.42 Å². The first kappa shape index (κ1) is 18.6. The summed E-state index contributed by atoms with van der Waals surface area (Å²) in [4.78, 5) is 8.48. The third kappa shape index (κ3) is 4.38. The van der Waals surface area contributed by atoms with Crippen molar-refractivity contribution in [2.24, 2.45) is 0 Å². The van der Waals surface area contributed by atoms with Crippen LogP contribution in [0.4, 0.5) is 0 Å². The molecule has 0 saturated carbocycles. The first-order chi connectivity index (χ1) is 13.1. The highest BCUT2D eigenvalue weighted by Gasteiger charge is 2.17. The number of nitrogens with zero attached hydrogens (tertiary/aromatic N) is 2. The number of nitrogens with one attached hydrogen (secondary N) is 1. The van der Waals surface area contributed by atoms with Crippen LogP contribution < -0.4 is 4.72 Å². The SMILES string of the molecule is O=S(=O)(NCCCCN1CCc2sccc2C1)c1ccc2cccnc2c1. The number of benzene rings is 1. The standard InChI is InChI=1S/C20H23N3O2S2/c24-27(25,18-6-5-16-4-3-9-21-19(16)14-18)22-10-1-2-11-23-12-7-20-17(15-23)8-13-26-20/h3-6,8-9,13-14,22H,1-2,7,10-12,15H2. The second-order valence-electron chi connectivity index (χ2n) is 6.86. The molecule has 1 aromatic carbocycles. The number of hydrogen-bond donors (Lipinski definition) is 1. The number of aromatic nitrogens is 1. The zero-order valence-corrected chi connectivity index (χ0v) is 16.7. The molecule has 142 valence electrons. The summed E-state index contributed by atoms with van der Waals surface area (Å²) in [5, 5.41) is 3.11. The van der Waals surface area contributed by atoms with Gasteiger partial charge in [-0.1, -0.05) is 12.1 Å². The number of unbranched alkanes of at least 4 members (excludes halogenated alkanes) is 1. The molecule has 27 heavy (non-hydrogen) atoms. The highest BCUT2D eigenvalue weighted by molar-refractivity contribution is 7.89. The molecule has 4 rings (SSSR count). The molecule has 0 aliphatic carbocycles. The maximum atomic E-state index is 12.5. The molecule has 1 aliphatic rings. The van der Waals surface area contributed by atoms with Gasteiger partial charge in [-0.2, -0.15) is 0 Å². The van der Waals surface area contributed by atoms with Crippen molar-refractivity contribution in [2.75, 3.05) is 19.6 Å². The summed E-state index contributed by atoms with van der Waals surface area (Å²) in [6.07, 6.45) is 4.63. The lowest BCUT2D eigenvalue weighted by molar-refractivity contribution is 0.251. The average molecular weight is 402 g/mol. The van der Waals surface area contributed by atoms with Crippen LogP contribution in [0.3, 0.4) is 0 Å². The predicted molar refractivity (Wildman–Crippen MR) is 109 cm³/mol. The Morgan fingerprint density at radius 2 is 2.11 bits per heavy atom. The molecule has 0 radical (unpaired) electrons. The van der Waals surface area contributed by atoms with Gasteiger partial charge in [0, 0.05) is 36.1 Å². The van der Waals surface area contributed by atoms with E-state index in [1.54, 1.807) is 24.4 Å². The zero-order valence-electron chi connectivity index (χ0n) is 15.1. The molecule has 0 saturated heterocycles. The number of sulfonamides is 1. The van der Waals surface area contributed by atoms with Crippen molar-refractivity contribution in [1.82, 2.24) is 14.6 Å². The molecule has 0 fully saturated rings. The van der Waals surface area contributed by atoms with Gasteiger partial charge >= 0.3 is 0 Å². The Labute approximate surface area is 164 Å². The second-order valence-corrected chi connectivity index (χ2v) is 9.63. The minimum absolute atomic E-state index is 0.273. The van der Waals surface area contributed by atoms with E-state index in [9.17, 15) is 8.42 Å². The van der Waals surface area contributed by atoms with Crippen molar-refractivity contribution in [3.8, 4) is 0 Å². The Kier molecular flexibility index (Phi) is 5.54. The molecule has 0 unspecified atom stereocenters. The van der Waals surface area contributed by atoms with Crippen molar-refractivity contribution in [3.63, 3.8) is 0 Å². The highest BCUT2D eigenvalue weighted by atomic mass is 32.2. The monoisotopic (exact) mass is 401 g/mol. The average Bonchev–Trinajstić information content (AvgIpc) is 3.15. The van der Waals surface area contributed by atoms with Crippen LogP contribution in [0.25, 0.3) is 10.9 Å². The summed E-state index contributed by atoms with van der Waals surface area (Å²) in [7, 11) is -3.49. The van der Waals surface area contributed by atoms with Crippen LogP contribution in [-0.4, -0.2) is 37.9 Å². The van der Waals surface area contributed by atoms with E-state index in [-0.39, 0.29) is 4.90 Å². The van der Waals surface area contributed by atoms with Crippen LogP contribution in [-0.2, 0) is 23.0 Å². The van der Waals surface area contributed by atoms with E-state index < -0.39 is 10.0 Å². The van der Waals surface area contributed by atoms with Gasteiger partial charge in [0.15, 0.2) is 0 Å². The smallest absolute Gasteiger partial charge is 0.240 e. The van der Waals surface area contributed by atoms with E-state index in [0.29, 0.717) is 12.1 Å². The second kappa shape index (κ2) is 8.06. The van der Waals surface area contributed by atoms with Gasteiger partial charge in [-0.05, 0) is 61.0 Å². The number of hydrogen-bond acceptors (Lipinski definition) is 5. The first-order valence-corrected chi connectivity index (χ1v) is 11.6. The maximum absolute atomic E-state index is 12.5. The quantitative estimate of drug-likeness (QED) is 0.616. The van der Waals surface area contributed by atoms with Gasteiger partial charge in [0.05, 0.1) is 10.4 Å². The molecular weight excluding hydrogens is 378 g/mol. The Bertz CT molecular complexity index is 1030. The molecule has 5 nitrogen and oxygen atoms in total. The predicted octanol–water partition coefficient (Wildman–Crippen LogP) is 3.41.